The zero-order chi connectivity index (χ0) is 29.5. The number of benzene rings is 3. The van der Waals surface area contributed by atoms with Crippen LogP contribution in [-0.2, 0) is 20.1 Å². The average Bonchev–Trinajstić information content (AvgIpc) is 2.86. The number of nitrogens with one attached hydrogen (secondary N) is 3. The molecule has 1 aromatic heterocycles. The molecule has 0 radical (unpaired) electrons. The minimum absolute atomic E-state index is 0.423. The first kappa shape index (κ1) is 30.5. The van der Waals surface area contributed by atoms with E-state index in [1.807, 2.05) is 54.2 Å². The monoisotopic (exact) mass is 588 g/mol. The number of sulfonamides is 1. The lowest BCUT2D eigenvalue weighted by Crippen LogP contribution is -2.09. The third kappa shape index (κ3) is 9.03. The number of pyridine rings is 1. The van der Waals surface area contributed by atoms with Crippen molar-refractivity contribution in [1.29, 1.82) is 0 Å². The molecule has 0 aliphatic heterocycles. The lowest BCUT2D eigenvalue weighted by Gasteiger charge is -2.16. The second-order valence-electron chi connectivity index (χ2n) is 8.95. The molecule has 12 nitrogen and oxygen atoms in total. The van der Waals surface area contributed by atoms with Gasteiger partial charge in [-0.3, -0.25) is 4.72 Å². The molecule has 3 aromatic carbocycles. The zero-order valence-corrected chi connectivity index (χ0v) is 24.4. The van der Waals surface area contributed by atoms with Crippen LogP contribution in [0, 0.1) is 0 Å². The Hall–Kier alpha value is -4.01. The quantitative estimate of drug-likeness (QED) is 0.0839. The lowest BCUT2D eigenvalue weighted by molar-refractivity contribution is -0.565. The van der Waals surface area contributed by atoms with E-state index in [2.05, 4.69) is 27.6 Å². The molecule has 0 aliphatic carbocycles. The molecule has 0 atom stereocenters. The van der Waals surface area contributed by atoms with Gasteiger partial charge in [0.2, 0.25) is 10.0 Å². The summed E-state index contributed by atoms with van der Waals surface area (Å²) < 4.78 is 60.4. The molecule has 0 saturated carbocycles. The highest BCUT2D eigenvalue weighted by Crippen LogP contribution is 2.37. The Balaban J connectivity index is 0.000000810. The van der Waals surface area contributed by atoms with E-state index >= 15 is 0 Å². The van der Waals surface area contributed by atoms with Crippen molar-refractivity contribution in [1.82, 2.24) is 4.98 Å². The second kappa shape index (κ2) is 12.9. The van der Waals surface area contributed by atoms with Crippen LogP contribution in [0.15, 0.2) is 65.9 Å². The van der Waals surface area contributed by atoms with E-state index < -0.39 is 20.1 Å². The molecule has 4 rings (SSSR count). The molecule has 40 heavy (non-hydrogen) atoms. The van der Waals surface area contributed by atoms with Crippen LogP contribution in [-0.4, -0.2) is 64.3 Å². The Kier molecular flexibility index (Phi) is 9.84. The second-order valence-corrected chi connectivity index (χ2v) is 12.1. The Morgan fingerprint density at radius 2 is 1.60 bits per heavy atom. The van der Waals surface area contributed by atoms with Gasteiger partial charge in [0.15, 0.2) is 0 Å². The maximum absolute atomic E-state index is 11.6. The number of aromatic nitrogens is 1. The fraction of sp³-hybridized carbons (Fsp3) is 0.269. The number of anilines is 4. The largest absolute Gasteiger partial charge is 0.748 e. The van der Waals surface area contributed by atoms with Gasteiger partial charge in [0.05, 0.1) is 63.9 Å². The van der Waals surface area contributed by atoms with Crippen LogP contribution in [0.2, 0.25) is 0 Å². The third-order valence-corrected chi connectivity index (χ3v) is 5.95. The van der Waals surface area contributed by atoms with Crippen molar-refractivity contribution < 1.29 is 30.8 Å². The van der Waals surface area contributed by atoms with Gasteiger partial charge in [0, 0.05) is 29.2 Å². The Labute approximate surface area is 233 Å². The van der Waals surface area contributed by atoms with Gasteiger partial charge < -0.3 is 14.6 Å². The van der Waals surface area contributed by atoms with Crippen molar-refractivity contribution in [3.8, 4) is 5.75 Å². The van der Waals surface area contributed by atoms with Crippen LogP contribution in [0.5, 0.6) is 5.75 Å². The Bertz CT molecular complexity index is 1750. The van der Waals surface area contributed by atoms with Crippen LogP contribution in [0.4, 0.5) is 22.7 Å². The van der Waals surface area contributed by atoms with Crippen LogP contribution in [0.3, 0.4) is 0 Å². The summed E-state index contributed by atoms with van der Waals surface area (Å²) in [6.07, 6.45) is 2.73. The minimum atomic E-state index is -3.92. The molecule has 0 spiro atoms. The zero-order valence-electron chi connectivity index (χ0n) is 22.8. The number of methoxy groups -OCH3 is 1. The highest BCUT2D eigenvalue weighted by atomic mass is 32.2. The maximum Gasteiger partial charge on any atom is 0.229 e. The molecular weight excluding hydrogens is 556 g/mol. The number of hydrogen-bond donors (Lipinski definition) is 3. The van der Waals surface area contributed by atoms with E-state index in [0.717, 1.165) is 52.4 Å². The molecule has 0 aliphatic rings. The topological polar surface area (TPSA) is 165 Å². The van der Waals surface area contributed by atoms with Crippen LogP contribution >= 0.6 is 0 Å². The number of fused-ring (bicyclic) bond motifs is 2. The number of rotatable bonds is 9. The number of para-hydroxylation sites is 1. The lowest BCUT2D eigenvalue weighted by atomic mass is 10.1. The SMILES string of the molecule is CCC[N+](C)=NNc1ccc2c(Nc3ccc(NS(C)(=O)=O)cc3OC)c3ccccc3nc2c1.CS(=O)(=O)[O-]. The van der Waals surface area contributed by atoms with Crippen molar-refractivity contribution in [2.24, 2.45) is 5.22 Å². The van der Waals surface area contributed by atoms with Crippen molar-refractivity contribution >= 4 is 64.7 Å². The number of hydrogen-bond acceptors (Lipinski definition) is 9. The summed E-state index contributed by atoms with van der Waals surface area (Å²) >= 11 is 0. The number of nitrogens with zero attached hydrogens (tertiary/aromatic N) is 3. The molecule has 0 unspecified atom stereocenters. The molecule has 0 saturated heterocycles. The summed E-state index contributed by atoms with van der Waals surface area (Å²) in [5, 5.41) is 9.75. The van der Waals surface area contributed by atoms with Crippen molar-refractivity contribution in [2.45, 2.75) is 13.3 Å². The van der Waals surface area contributed by atoms with Gasteiger partial charge in [0.25, 0.3) is 0 Å². The molecule has 1 heterocycles. The van der Waals surface area contributed by atoms with Crippen molar-refractivity contribution in [2.75, 3.05) is 48.7 Å². The molecule has 214 valence electrons. The van der Waals surface area contributed by atoms with Gasteiger partial charge in [-0.25, -0.2) is 21.8 Å². The predicted molar refractivity (Wildman–Crippen MR) is 157 cm³/mol. The molecule has 14 heteroatoms. The first-order valence-electron chi connectivity index (χ1n) is 12.1. The molecule has 4 aromatic rings. The van der Waals surface area contributed by atoms with E-state index in [9.17, 15) is 8.42 Å². The highest BCUT2D eigenvalue weighted by Gasteiger charge is 2.14. The molecule has 0 bridgehead atoms. The predicted octanol–water partition coefficient (Wildman–Crippen LogP) is 4.50. The fourth-order valence-corrected chi connectivity index (χ4v) is 4.38. The van der Waals surface area contributed by atoms with Crippen molar-refractivity contribution in [3.05, 3.63) is 60.7 Å². The van der Waals surface area contributed by atoms with Gasteiger partial charge in [0.1, 0.15) is 18.0 Å². The first-order chi connectivity index (χ1) is 18.8. The summed E-state index contributed by atoms with van der Waals surface area (Å²) in [6, 6.07) is 18.9. The summed E-state index contributed by atoms with van der Waals surface area (Å²) in [5.41, 5.74) is 7.57. The minimum Gasteiger partial charge on any atom is -0.748 e. The van der Waals surface area contributed by atoms with Gasteiger partial charge in [-0.05, 0) is 36.8 Å². The Morgan fingerprint density at radius 1 is 0.950 bits per heavy atom. The molecule has 0 fully saturated rings. The fourth-order valence-electron chi connectivity index (χ4n) is 3.82. The standard InChI is InChI=1S/C25H28N6O3S.CH4O3S/c1-5-14-31(2)30-28-17-10-12-20-23(15-17)26-21-9-7-6-8-19(21)25(20)27-22-13-11-18(16-24(22)34-3)29-35(4,32)33;1-5(2,3)4/h6-13,15-16H,5,14H2,1-4H3,(H2,26,27,28,29,30);1H3,(H,2,3,4). The van der Waals surface area contributed by atoms with E-state index in [1.165, 1.54) is 0 Å². The smallest absolute Gasteiger partial charge is 0.229 e. The summed E-state index contributed by atoms with van der Waals surface area (Å²) in [5.74, 6) is 0.503. The van der Waals surface area contributed by atoms with Gasteiger partial charge >= 0.3 is 0 Å². The average molecular weight is 589 g/mol. The van der Waals surface area contributed by atoms with E-state index in [4.69, 9.17) is 22.7 Å². The van der Waals surface area contributed by atoms with E-state index in [1.54, 1.807) is 25.3 Å². The summed E-state index contributed by atoms with van der Waals surface area (Å²) in [4.78, 5) is 4.86. The van der Waals surface area contributed by atoms with Crippen LogP contribution in [0.25, 0.3) is 21.8 Å². The first-order valence-corrected chi connectivity index (χ1v) is 15.8. The van der Waals surface area contributed by atoms with Gasteiger partial charge in [-0.2, -0.15) is 4.70 Å². The molecule has 3 N–H and O–H groups in total. The highest BCUT2D eigenvalue weighted by molar-refractivity contribution is 7.92. The van der Waals surface area contributed by atoms with Crippen molar-refractivity contribution in [3.63, 3.8) is 0 Å². The van der Waals surface area contributed by atoms with E-state index in [-0.39, 0.29) is 0 Å². The third-order valence-electron chi connectivity index (χ3n) is 5.34. The normalized spacial score (nSPS) is 12.0. The van der Waals surface area contributed by atoms with Gasteiger partial charge in [-0.15, -0.1) is 5.43 Å². The van der Waals surface area contributed by atoms with Gasteiger partial charge in [-0.1, -0.05) is 25.1 Å². The summed E-state index contributed by atoms with van der Waals surface area (Å²) in [6.45, 7) is 2.97. The summed E-state index contributed by atoms with van der Waals surface area (Å²) in [7, 11) is -3.84. The Morgan fingerprint density at radius 3 is 2.25 bits per heavy atom. The maximum atomic E-state index is 11.6. The number of ether oxygens (including phenoxy) is 1. The van der Waals surface area contributed by atoms with E-state index in [0.29, 0.717) is 23.4 Å². The van der Waals surface area contributed by atoms with Crippen LogP contribution in [0.1, 0.15) is 13.3 Å². The molecular formula is C26H32N6O6S2. The molecule has 0 amide bonds. The van der Waals surface area contributed by atoms with Crippen LogP contribution < -0.4 is 20.2 Å².